The zero-order chi connectivity index (χ0) is 14.9. The lowest BCUT2D eigenvalue weighted by Gasteiger charge is -2.51. The van der Waals surface area contributed by atoms with Crippen molar-refractivity contribution >= 4 is 10.0 Å². The van der Waals surface area contributed by atoms with Gasteiger partial charge in [0.2, 0.25) is 15.9 Å². The zero-order valence-electron chi connectivity index (χ0n) is 12.1. The van der Waals surface area contributed by atoms with Crippen molar-refractivity contribution in [1.29, 1.82) is 0 Å². The predicted octanol–water partition coefficient (Wildman–Crippen LogP) is 1.04. The highest BCUT2D eigenvalue weighted by molar-refractivity contribution is 7.89. The summed E-state index contributed by atoms with van der Waals surface area (Å²) < 4.78 is 36.8. The fourth-order valence-electron chi connectivity index (χ4n) is 2.87. The van der Waals surface area contributed by atoms with Crippen molar-refractivity contribution in [1.82, 2.24) is 9.29 Å². The molecule has 1 atom stereocenters. The molecule has 3 rings (SSSR count). The Morgan fingerprint density at radius 2 is 2.29 bits per heavy atom. The molecule has 2 aliphatic heterocycles. The van der Waals surface area contributed by atoms with Crippen LogP contribution in [0.2, 0.25) is 0 Å². The van der Waals surface area contributed by atoms with Gasteiger partial charge >= 0.3 is 0 Å². The number of aromatic nitrogens is 1. The first-order valence-electron chi connectivity index (χ1n) is 7.22. The van der Waals surface area contributed by atoms with Crippen molar-refractivity contribution < 1.29 is 17.9 Å². The molecule has 0 unspecified atom stereocenters. The number of hydrogen-bond acceptors (Lipinski definition) is 5. The highest BCUT2D eigenvalue weighted by atomic mass is 32.2. The molecule has 1 aromatic rings. The maximum Gasteiger partial charge on any atom is 0.214 e. The third-order valence-electron chi connectivity index (χ3n) is 4.06. The van der Waals surface area contributed by atoms with Gasteiger partial charge in [-0.2, -0.15) is 4.31 Å². The third kappa shape index (κ3) is 3.04. The Bertz CT molecular complexity index is 584. The highest BCUT2D eigenvalue weighted by Crippen LogP contribution is 2.36. The van der Waals surface area contributed by atoms with Crippen LogP contribution in [-0.4, -0.2) is 54.9 Å². The summed E-state index contributed by atoms with van der Waals surface area (Å²) in [6.45, 7) is 3.13. The van der Waals surface area contributed by atoms with E-state index in [0.29, 0.717) is 32.0 Å². The van der Waals surface area contributed by atoms with Crippen LogP contribution in [0.1, 0.15) is 19.8 Å². The quantitative estimate of drug-likeness (QED) is 0.831. The van der Waals surface area contributed by atoms with Crippen molar-refractivity contribution in [3.63, 3.8) is 0 Å². The van der Waals surface area contributed by atoms with E-state index in [-0.39, 0.29) is 17.5 Å². The minimum Gasteiger partial charge on any atom is -0.474 e. The van der Waals surface area contributed by atoms with E-state index < -0.39 is 10.0 Å². The second-order valence-corrected chi connectivity index (χ2v) is 7.86. The normalized spacial score (nSPS) is 25.5. The Kier molecular flexibility index (Phi) is 3.90. The van der Waals surface area contributed by atoms with Crippen LogP contribution in [0.4, 0.5) is 0 Å². The molecule has 3 heterocycles. The van der Waals surface area contributed by atoms with Crippen LogP contribution in [0.25, 0.3) is 0 Å². The third-order valence-corrected chi connectivity index (χ3v) is 5.83. The number of nitrogens with zero attached hydrogens (tertiary/aromatic N) is 2. The summed E-state index contributed by atoms with van der Waals surface area (Å²) in [5, 5.41) is 0. The molecule has 0 amide bonds. The van der Waals surface area contributed by atoms with E-state index in [1.54, 1.807) is 13.1 Å². The fourth-order valence-corrected chi connectivity index (χ4v) is 4.10. The maximum absolute atomic E-state index is 11.8. The lowest BCUT2D eigenvalue weighted by molar-refractivity contribution is -0.165. The standard InChI is InChI=1S/C14H20N2O4S/c1-2-21(17,18)16-10-14(11-16)9-12(6-8-19-14)20-13-5-3-4-7-15-13/h3-5,7,12H,2,6,8-11H2,1H3/t12-/m0/s1. The average Bonchev–Trinajstić information content (AvgIpc) is 2.46. The average molecular weight is 312 g/mol. The summed E-state index contributed by atoms with van der Waals surface area (Å²) in [6, 6.07) is 5.56. The van der Waals surface area contributed by atoms with E-state index >= 15 is 0 Å². The number of sulfonamides is 1. The summed E-state index contributed by atoms with van der Waals surface area (Å²) in [7, 11) is -3.11. The maximum atomic E-state index is 11.8. The van der Waals surface area contributed by atoms with Crippen molar-refractivity contribution in [3.05, 3.63) is 24.4 Å². The van der Waals surface area contributed by atoms with Crippen molar-refractivity contribution in [2.45, 2.75) is 31.5 Å². The number of pyridine rings is 1. The Hall–Kier alpha value is -1.18. The molecule has 0 aliphatic carbocycles. The minimum atomic E-state index is -3.11. The Labute approximate surface area is 125 Å². The van der Waals surface area contributed by atoms with Crippen LogP contribution < -0.4 is 4.74 Å². The fraction of sp³-hybridized carbons (Fsp3) is 0.643. The Balaban J connectivity index is 1.60. The highest BCUT2D eigenvalue weighted by Gasteiger charge is 2.51. The van der Waals surface area contributed by atoms with Gasteiger partial charge in [-0.1, -0.05) is 6.07 Å². The van der Waals surface area contributed by atoms with Gasteiger partial charge in [0.1, 0.15) is 6.10 Å². The SMILES string of the molecule is CCS(=O)(=O)N1CC2(C[C@@H](Oc3ccccn3)CCO2)C1. The first kappa shape index (κ1) is 14.7. The van der Waals surface area contributed by atoms with Gasteiger partial charge in [-0.05, 0) is 13.0 Å². The smallest absolute Gasteiger partial charge is 0.214 e. The molecule has 0 saturated carbocycles. The van der Waals surface area contributed by atoms with E-state index in [1.807, 2.05) is 18.2 Å². The second-order valence-electron chi connectivity index (χ2n) is 5.60. The second kappa shape index (κ2) is 5.55. The monoisotopic (exact) mass is 312 g/mol. The van der Waals surface area contributed by atoms with Gasteiger partial charge in [-0.25, -0.2) is 13.4 Å². The first-order chi connectivity index (χ1) is 10.0. The van der Waals surface area contributed by atoms with Crippen LogP contribution in [0, 0.1) is 0 Å². The molecule has 2 fully saturated rings. The molecule has 2 aliphatic rings. The lowest BCUT2D eigenvalue weighted by atomic mass is 9.86. The van der Waals surface area contributed by atoms with Crippen molar-refractivity contribution in [2.75, 3.05) is 25.4 Å². The Morgan fingerprint density at radius 3 is 2.95 bits per heavy atom. The number of hydrogen-bond donors (Lipinski definition) is 0. The van der Waals surface area contributed by atoms with Crippen LogP contribution in [0.3, 0.4) is 0 Å². The molecular formula is C14H20N2O4S. The summed E-state index contributed by atoms with van der Waals surface area (Å²) in [6.07, 6.45) is 3.24. The lowest BCUT2D eigenvalue weighted by Crippen LogP contribution is -2.67. The predicted molar refractivity (Wildman–Crippen MR) is 77.6 cm³/mol. The number of ether oxygens (including phenoxy) is 2. The van der Waals surface area contributed by atoms with E-state index in [2.05, 4.69) is 4.98 Å². The molecule has 1 aromatic heterocycles. The van der Waals surface area contributed by atoms with E-state index in [0.717, 1.165) is 6.42 Å². The molecule has 6 nitrogen and oxygen atoms in total. The summed E-state index contributed by atoms with van der Waals surface area (Å²) in [5.41, 5.74) is -0.375. The molecular weight excluding hydrogens is 292 g/mol. The van der Waals surface area contributed by atoms with Gasteiger partial charge in [-0.3, -0.25) is 0 Å². The molecule has 21 heavy (non-hydrogen) atoms. The molecule has 0 bridgehead atoms. The number of rotatable bonds is 4. The molecule has 0 N–H and O–H groups in total. The van der Waals surface area contributed by atoms with Gasteiger partial charge in [0.25, 0.3) is 0 Å². The Morgan fingerprint density at radius 1 is 1.48 bits per heavy atom. The first-order valence-corrected chi connectivity index (χ1v) is 8.83. The summed E-state index contributed by atoms with van der Waals surface area (Å²) >= 11 is 0. The van der Waals surface area contributed by atoms with Gasteiger partial charge < -0.3 is 9.47 Å². The minimum absolute atomic E-state index is 0.0279. The topological polar surface area (TPSA) is 68.7 Å². The largest absolute Gasteiger partial charge is 0.474 e. The van der Waals surface area contributed by atoms with Gasteiger partial charge in [0, 0.05) is 38.2 Å². The molecule has 1 spiro atoms. The van der Waals surface area contributed by atoms with Gasteiger partial charge in [0.15, 0.2) is 0 Å². The van der Waals surface area contributed by atoms with Crippen molar-refractivity contribution in [2.24, 2.45) is 0 Å². The zero-order valence-corrected chi connectivity index (χ0v) is 12.9. The van der Waals surface area contributed by atoms with Gasteiger partial charge in [0.05, 0.1) is 18.0 Å². The summed E-state index contributed by atoms with van der Waals surface area (Å²) in [4.78, 5) is 4.16. The van der Waals surface area contributed by atoms with E-state index in [9.17, 15) is 8.42 Å². The van der Waals surface area contributed by atoms with Gasteiger partial charge in [-0.15, -0.1) is 0 Å². The molecule has 2 saturated heterocycles. The summed E-state index contributed by atoms with van der Waals surface area (Å²) in [5.74, 6) is 0.744. The van der Waals surface area contributed by atoms with Crippen molar-refractivity contribution in [3.8, 4) is 5.88 Å². The van der Waals surface area contributed by atoms with E-state index in [4.69, 9.17) is 9.47 Å². The van der Waals surface area contributed by atoms with Crippen LogP contribution in [-0.2, 0) is 14.8 Å². The van der Waals surface area contributed by atoms with E-state index in [1.165, 1.54) is 4.31 Å². The van der Waals surface area contributed by atoms with Crippen LogP contribution in [0.15, 0.2) is 24.4 Å². The molecule has 0 radical (unpaired) electrons. The molecule has 7 heteroatoms. The van der Waals surface area contributed by atoms with Crippen LogP contribution in [0.5, 0.6) is 5.88 Å². The van der Waals surface area contributed by atoms with Crippen LogP contribution >= 0.6 is 0 Å². The molecule has 0 aromatic carbocycles. The molecule has 116 valence electrons.